The molecule has 0 aromatic heterocycles. The molecule has 4 heteroatoms. The van der Waals surface area contributed by atoms with E-state index in [0.29, 0.717) is 11.8 Å². The summed E-state index contributed by atoms with van der Waals surface area (Å²) in [7, 11) is 0. The van der Waals surface area contributed by atoms with Crippen molar-refractivity contribution in [1.29, 1.82) is 0 Å². The Morgan fingerprint density at radius 1 is 1.23 bits per heavy atom. The van der Waals surface area contributed by atoms with E-state index in [0.717, 1.165) is 39.1 Å². The number of carbonyl (C=O) groups is 1. The molecule has 2 unspecified atom stereocenters. The maximum absolute atomic E-state index is 12.6. The fraction of sp³-hybridized carbons (Fsp3) is 0.611. The lowest BCUT2D eigenvalue weighted by Gasteiger charge is -2.39. The zero-order valence-corrected chi connectivity index (χ0v) is 13.7. The molecule has 22 heavy (non-hydrogen) atoms. The van der Waals surface area contributed by atoms with E-state index in [9.17, 15) is 4.79 Å². The van der Waals surface area contributed by atoms with Crippen molar-refractivity contribution < 1.29 is 4.79 Å². The van der Waals surface area contributed by atoms with Crippen LogP contribution >= 0.6 is 0 Å². The molecule has 0 spiro atoms. The fourth-order valence-corrected chi connectivity index (χ4v) is 3.53. The van der Waals surface area contributed by atoms with E-state index in [4.69, 9.17) is 0 Å². The van der Waals surface area contributed by atoms with Crippen LogP contribution < -0.4 is 10.2 Å². The van der Waals surface area contributed by atoms with Gasteiger partial charge in [-0.2, -0.15) is 0 Å². The van der Waals surface area contributed by atoms with Crippen LogP contribution in [0.25, 0.3) is 0 Å². The van der Waals surface area contributed by atoms with E-state index in [1.54, 1.807) is 0 Å². The number of nitrogens with one attached hydrogen (secondary N) is 1. The van der Waals surface area contributed by atoms with Gasteiger partial charge >= 0.3 is 0 Å². The van der Waals surface area contributed by atoms with E-state index in [2.05, 4.69) is 48.3 Å². The average Bonchev–Trinajstić information content (AvgIpc) is 2.54. The number of hydrogen-bond donors (Lipinski definition) is 1. The summed E-state index contributed by atoms with van der Waals surface area (Å²) in [6.45, 7) is 8.87. The lowest BCUT2D eigenvalue weighted by Crippen LogP contribution is -2.55. The van der Waals surface area contributed by atoms with Gasteiger partial charge in [-0.3, -0.25) is 4.79 Å². The third-order valence-electron chi connectivity index (χ3n) is 4.92. The Labute approximate surface area is 133 Å². The van der Waals surface area contributed by atoms with Crippen molar-refractivity contribution in [3.63, 3.8) is 0 Å². The first kappa shape index (κ1) is 15.3. The number of anilines is 1. The quantitative estimate of drug-likeness (QED) is 0.908. The van der Waals surface area contributed by atoms with Crippen LogP contribution in [0.5, 0.6) is 0 Å². The molecule has 1 N–H and O–H groups in total. The number of rotatable bonds is 2. The van der Waals surface area contributed by atoms with Gasteiger partial charge in [-0.05, 0) is 49.9 Å². The molecule has 120 valence electrons. The number of piperidine rings is 1. The molecule has 2 saturated heterocycles. The Morgan fingerprint density at radius 3 is 2.68 bits per heavy atom. The van der Waals surface area contributed by atoms with E-state index in [1.807, 2.05) is 4.90 Å². The normalized spacial score (nSPS) is 26.1. The Kier molecular flexibility index (Phi) is 4.67. The van der Waals surface area contributed by atoms with Crippen LogP contribution in [0.1, 0.15) is 25.3 Å². The van der Waals surface area contributed by atoms with Gasteiger partial charge in [0.15, 0.2) is 0 Å². The molecule has 2 heterocycles. The highest BCUT2D eigenvalue weighted by molar-refractivity contribution is 5.82. The predicted octanol–water partition coefficient (Wildman–Crippen LogP) is 2.03. The number of amides is 1. The van der Waals surface area contributed by atoms with E-state index in [-0.39, 0.29) is 6.04 Å². The van der Waals surface area contributed by atoms with Gasteiger partial charge in [-0.25, -0.2) is 0 Å². The number of piperazine rings is 1. The minimum Gasteiger partial charge on any atom is -0.368 e. The number of hydrogen-bond acceptors (Lipinski definition) is 3. The Bertz CT molecular complexity index is 523. The molecule has 1 aromatic rings. The standard InChI is InChI=1S/C18H27N3O/c1-14-4-3-5-16(12-14)20-8-10-21(11-9-20)18(22)17-13-15(2)6-7-19-17/h3-5,12,15,17,19H,6-11,13H2,1-2H3. The first-order valence-corrected chi connectivity index (χ1v) is 8.47. The van der Waals surface area contributed by atoms with Crippen LogP contribution in [0.2, 0.25) is 0 Å². The molecule has 2 fully saturated rings. The van der Waals surface area contributed by atoms with Crippen molar-refractivity contribution >= 4 is 11.6 Å². The second kappa shape index (κ2) is 6.69. The van der Waals surface area contributed by atoms with Crippen molar-refractivity contribution in [2.75, 3.05) is 37.6 Å². The third-order valence-corrected chi connectivity index (χ3v) is 4.92. The predicted molar refractivity (Wildman–Crippen MR) is 90.2 cm³/mol. The summed E-state index contributed by atoms with van der Waals surface area (Å²) in [6, 6.07) is 8.65. The molecule has 0 bridgehead atoms. The highest BCUT2D eigenvalue weighted by Crippen LogP contribution is 2.20. The monoisotopic (exact) mass is 301 g/mol. The number of nitrogens with zero attached hydrogens (tertiary/aromatic N) is 2. The average molecular weight is 301 g/mol. The van der Waals surface area contributed by atoms with Crippen LogP contribution in [0.4, 0.5) is 5.69 Å². The first-order valence-electron chi connectivity index (χ1n) is 8.47. The van der Waals surface area contributed by atoms with Gasteiger partial charge in [0.1, 0.15) is 0 Å². The highest BCUT2D eigenvalue weighted by atomic mass is 16.2. The van der Waals surface area contributed by atoms with Crippen molar-refractivity contribution in [2.45, 2.75) is 32.7 Å². The maximum Gasteiger partial charge on any atom is 0.239 e. The van der Waals surface area contributed by atoms with E-state index >= 15 is 0 Å². The second-order valence-corrected chi connectivity index (χ2v) is 6.79. The molecule has 2 aliphatic heterocycles. The third kappa shape index (κ3) is 3.43. The lowest BCUT2D eigenvalue weighted by molar-refractivity contribution is -0.134. The number of carbonyl (C=O) groups excluding carboxylic acids is 1. The Morgan fingerprint density at radius 2 is 2.00 bits per heavy atom. The van der Waals surface area contributed by atoms with Gasteiger partial charge in [0, 0.05) is 31.9 Å². The molecule has 1 aromatic carbocycles. The minimum atomic E-state index is 0.0364. The van der Waals surface area contributed by atoms with Crippen molar-refractivity contribution in [3.05, 3.63) is 29.8 Å². The zero-order valence-electron chi connectivity index (χ0n) is 13.7. The molecular weight excluding hydrogens is 274 g/mol. The summed E-state index contributed by atoms with van der Waals surface area (Å²) >= 11 is 0. The minimum absolute atomic E-state index is 0.0364. The fourth-order valence-electron chi connectivity index (χ4n) is 3.53. The molecule has 0 saturated carbocycles. The molecule has 2 aliphatic rings. The summed E-state index contributed by atoms with van der Waals surface area (Å²) in [4.78, 5) is 17.1. The molecule has 1 amide bonds. The molecule has 0 radical (unpaired) electrons. The largest absolute Gasteiger partial charge is 0.368 e. The smallest absolute Gasteiger partial charge is 0.239 e. The van der Waals surface area contributed by atoms with Gasteiger partial charge in [0.25, 0.3) is 0 Å². The van der Waals surface area contributed by atoms with Crippen molar-refractivity contribution in [2.24, 2.45) is 5.92 Å². The van der Waals surface area contributed by atoms with E-state index in [1.165, 1.54) is 17.7 Å². The summed E-state index contributed by atoms with van der Waals surface area (Å²) in [5, 5.41) is 3.39. The lowest BCUT2D eigenvalue weighted by atomic mass is 9.93. The van der Waals surface area contributed by atoms with Crippen LogP contribution in [-0.2, 0) is 4.79 Å². The SMILES string of the molecule is Cc1cccc(N2CCN(C(=O)C3CC(C)CCN3)CC2)c1. The second-order valence-electron chi connectivity index (χ2n) is 6.79. The molecular formula is C18H27N3O. The molecule has 4 nitrogen and oxygen atoms in total. The Balaban J connectivity index is 1.56. The van der Waals surface area contributed by atoms with Crippen LogP contribution in [-0.4, -0.2) is 49.6 Å². The van der Waals surface area contributed by atoms with Crippen LogP contribution in [0.3, 0.4) is 0 Å². The maximum atomic E-state index is 12.6. The molecule has 0 aliphatic carbocycles. The van der Waals surface area contributed by atoms with Crippen molar-refractivity contribution in [1.82, 2.24) is 10.2 Å². The first-order chi connectivity index (χ1) is 10.6. The summed E-state index contributed by atoms with van der Waals surface area (Å²) in [5.41, 5.74) is 2.56. The molecule has 3 rings (SSSR count). The highest BCUT2D eigenvalue weighted by Gasteiger charge is 2.30. The van der Waals surface area contributed by atoms with Gasteiger partial charge in [0.05, 0.1) is 6.04 Å². The number of benzene rings is 1. The van der Waals surface area contributed by atoms with Crippen molar-refractivity contribution in [3.8, 4) is 0 Å². The summed E-state index contributed by atoms with van der Waals surface area (Å²) in [6.07, 6.45) is 2.17. The van der Waals surface area contributed by atoms with E-state index < -0.39 is 0 Å². The summed E-state index contributed by atoms with van der Waals surface area (Å²) < 4.78 is 0. The molecule has 2 atom stereocenters. The number of aryl methyl sites for hydroxylation is 1. The van der Waals surface area contributed by atoms with Crippen LogP contribution in [0.15, 0.2) is 24.3 Å². The van der Waals surface area contributed by atoms with Crippen LogP contribution in [0, 0.1) is 12.8 Å². The van der Waals surface area contributed by atoms with Gasteiger partial charge < -0.3 is 15.1 Å². The van der Waals surface area contributed by atoms with Gasteiger partial charge in [-0.1, -0.05) is 19.1 Å². The van der Waals surface area contributed by atoms with Gasteiger partial charge in [0.2, 0.25) is 5.91 Å². The zero-order chi connectivity index (χ0) is 15.5. The van der Waals surface area contributed by atoms with Gasteiger partial charge in [-0.15, -0.1) is 0 Å². The summed E-state index contributed by atoms with van der Waals surface area (Å²) in [5.74, 6) is 0.958. The topological polar surface area (TPSA) is 35.6 Å². The Hall–Kier alpha value is -1.55.